The van der Waals surface area contributed by atoms with Crippen LogP contribution in [0, 0.1) is 5.41 Å². The molecule has 0 aliphatic heterocycles. The van der Waals surface area contributed by atoms with Gasteiger partial charge in [0.05, 0.1) is 11.3 Å². The van der Waals surface area contributed by atoms with Crippen molar-refractivity contribution < 1.29 is 9.53 Å². The Morgan fingerprint density at radius 2 is 2.12 bits per heavy atom. The van der Waals surface area contributed by atoms with E-state index < -0.39 is 0 Å². The van der Waals surface area contributed by atoms with Gasteiger partial charge < -0.3 is 4.74 Å². The van der Waals surface area contributed by atoms with Gasteiger partial charge in [0.1, 0.15) is 6.10 Å². The second kappa shape index (κ2) is 4.18. The Morgan fingerprint density at radius 3 is 2.76 bits per heavy atom. The van der Waals surface area contributed by atoms with Crippen molar-refractivity contribution in [2.75, 3.05) is 7.11 Å². The summed E-state index contributed by atoms with van der Waals surface area (Å²) in [7, 11) is 1.63. The van der Waals surface area contributed by atoms with E-state index in [2.05, 4.69) is 23.8 Å². The molecule has 1 atom stereocenters. The highest BCUT2D eigenvalue weighted by molar-refractivity contribution is 5.98. The van der Waals surface area contributed by atoms with E-state index in [9.17, 15) is 4.79 Å². The zero-order chi connectivity index (χ0) is 12.6. The van der Waals surface area contributed by atoms with E-state index in [1.807, 2.05) is 6.92 Å². The van der Waals surface area contributed by atoms with Crippen LogP contribution in [0.1, 0.15) is 55.2 Å². The third-order valence-corrected chi connectivity index (χ3v) is 3.19. The zero-order valence-corrected chi connectivity index (χ0v) is 10.8. The van der Waals surface area contributed by atoms with Crippen LogP contribution in [0.2, 0.25) is 0 Å². The van der Waals surface area contributed by atoms with Crippen molar-refractivity contribution in [3.05, 3.63) is 23.3 Å². The molecule has 1 aliphatic carbocycles. The van der Waals surface area contributed by atoms with Crippen molar-refractivity contribution in [3.63, 3.8) is 0 Å². The summed E-state index contributed by atoms with van der Waals surface area (Å²) in [4.78, 5) is 20.6. The van der Waals surface area contributed by atoms with Gasteiger partial charge in [-0.2, -0.15) is 0 Å². The Balaban J connectivity index is 2.41. The molecular weight excluding hydrogens is 216 g/mol. The molecule has 1 aromatic heterocycles. The average molecular weight is 234 g/mol. The van der Waals surface area contributed by atoms with E-state index in [0.717, 1.165) is 12.1 Å². The lowest BCUT2D eigenvalue weighted by Crippen LogP contribution is -2.28. The van der Waals surface area contributed by atoms with Gasteiger partial charge in [-0.15, -0.1) is 0 Å². The predicted molar refractivity (Wildman–Crippen MR) is 63.9 cm³/mol. The molecule has 2 rings (SSSR count). The number of Topliss-reactive ketones (excluding diaryl/α,β-unsaturated/α-hetero) is 1. The van der Waals surface area contributed by atoms with Crippen molar-refractivity contribution in [2.24, 2.45) is 5.41 Å². The molecule has 1 heterocycles. The largest absolute Gasteiger partial charge is 0.374 e. The van der Waals surface area contributed by atoms with Gasteiger partial charge in [0.25, 0.3) is 0 Å². The van der Waals surface area contributed by atoms with E-state index >= 15 is 0 Å². The second-order valence-electron chi connectivity index (χ2n) is 5.41. The van der Waals surface area contributed by atoms with Crippen LogP contribution in [-0.2, 0) is 11.2 Å². The van der Waals surface area contributed by atoms with Gasteiger partial charge in [0.15, 0.2) is 11.6 Å². The fourth-order valence-electron chi connectivity index (χ4n) is 2.15. The number of ketones is 1. The maximum Gasteiger partial charge on any atom is 0.166 e. The summed E-state index contributed by atoms with van der Waals surface area (Å²) in [6.45, 7) is 6.09. The third kappa shape index (κ3) is 2.36. The second-order valence-corrected chi connectivity index (χ2v) is 5.41. The number of ether oxygens (including phenoxy) is 1. The third-order valence-electron chi connectivity index (χ3n) is 3.19. The fourth-order valence-corrected chi connectivity index (χ4v) is 2.15. The Labute approximate surface area is 101 Å². The molecular formula is C13H18N2O2. The maximum atomic E-state index is 11.9. The summed E-state index contributed by atoms with van der Waals surface area (Å²) in [5.41, 5.74) is 1.53. The van der Waals surface area contributed by atoms with Crippen molar-refractivity contribution >= 4 is 5.78 Å². The first-order valence-electron chi connectivity index (χ1n) is 5.85. The number of carbonyl (C=O) groups excluding carboxylic acids is 1. The van der Waals surface area contributed by atoms with Crippen LogP contribution >= 0.6 is 0 Å². The predicted octanol–water partition coefficient (Wildman–Crippen LogP) is 2.34. The molecule has 92 valence electrons. The Kier molecular flexibility index (Phi) is 3.00. The first-order valence-corrected chi connectivity index (χ1v) is 5.85. The fraction of sp³-hybridized carbons (Fsp3) is 0.615. The van der Waals surface area contributed by atoms with Crippen LogP contribution < -0.4 is 0 Å². The lowest BCUT2D eigenvalue weighted by molar-refractivity contribution is 0.0904. The molecule has 1 aliphatic rings. The molecule has 4 heteroatoms. The van der Waals surface area contributed by atoms with Crippen molar-refractivity contribution in [1.29, 1.82) is 0 Å². The first kappa shape index (κ1) is 12.2. The quantitative estimate of drug-likeness (QED) is 0.788. The zero-order valence-electron chi connectivity index (χ0n) is 10.8. The molecule has 0 radical (unpaired) electrons. The number of hydrogen-bond donors (Lipinski definition) is 0. The van der Waals surface area contributed by atoms with Crippen molar-refractivity contribution in [2.45, 2.75) is 39.7 Å². The molecule has 0 N–H and O–H groups in total. The van der Waals surface area contributed by atoms with Gasteiger partial charge in [-0.3, -0.25) is 4.79 Å². The number of fused-ring (bicyclic) bond motifs is 1. The van der Waals surface area contributed by atoms with Gasteiger partial charge >= 0.3 is 0 Å². The van der Waals surface area contributed by atoms with E-state index in [1.165, 1.54) is 0 Å². The van der Waals surface area contributed by atoms with Crippen molar-refractivity contribution in [3.8, 4) is 0 Å². The number of carbonyl (C=O) groups is 1. The van der Waals surface area contributed by atoms with E-state index in [-0.39, 0.29) is 17.3 Å². The highest BCUT2D eigenvalue weighted by Gasteiger charge is 2.32. The van der Waals surface area contributed by atoms with Crippen LogP contribution in [-0.4, -0.2) is 22.9 Å². The Bertz CT molecular complexity index is 455. The SMILES string of the molecule is COC(C)c1ncc2c(n1)CC(C)(C)CC2=O. The molecule has 0 fully saturated rings. The van der Waals surface area contributed by atoms with Crippen LogP contribution in [0.5, 0.6) is 0 Å². The number of nitrogens with zero attached hydrogens (tertiary/aromatic N) is 2. The summed E-state index contributed by atoms with van der Waals surface area (Å²) >= 11 is 0. The standard InChI is InChI=1S/C13H18N2O2/c1-8(17-4)12-14-7-9-10(15-12)5-13(2,3)6-11(9)16/h7-8H,5-6H2,1-4H3. The smallest absolute Gasteiger partial charge is 0.166 e. The summed E-state index contributed by atoms with van der Waals surface area (Å²) in [6.07, 6.45) is 2.90. The van der Waals surface area contributed by atoms with Gasteiger partial charge in [0, 0.05) is 19.7 Å². The maximum absolute atomic E-state index is 11.9. The summed E-state index contributed by atoms with van der Waals surface area (Å²) in [5, 5.41) is 0. The minimum atomic E-state index is -0.138. The van der Waals surface area contributed by atoms with Crippen molar-refractivity contribution in [1.82, 2.24) is 9.97 Å². The molecule has 4 nitrogen and oxygen atoms in total. The minimum Gasteiger partial charge on any atom is -0.374 e. The monoisotopic (exact) mass is 234 g/mol. The van der Waals surface area contributed by atoms with Gasteiger partial charge in [-0.25, -0.2) is 9.97 Å². The lowest BCUT2D eigenvalue weighted by atomic mass is 9.76. The minimum absolute atomic E-state index is 0.00792. The van der Waals surface area contributed by atoms with Gasteiger partial charge in [-0.1, -0.05) is 13.8 Å². The van der Waals surface area contributed by atoms with E-state index in [0.29, 0.717) is 17.8 Å². The molecule has 0 bridgehead atoms. The normalized spacial score (nSPS) is 19.9. The van der Waals surface area contributed by atoms with E-state index in [4.69, 9.17) is 4.74 Å². The van der Waals surface area contributed by atoms with Crippen LogP contribution in [0.25, 0.3) is 0 Å². The van der Waals surface area contributed by atoms with Gasteiger partial charge in [0.2, 0.25) is 0 Å². The van der Waals surface area contributed by atoms with Crippen LogP contribution in [0.15, 0.2) is 6.20 Å². The highest BCUT2D eigenvalue weighted by atomic mass is 16.5. The molecule has 1 aromatic rings. The number of methoxy groups -OCH3 is 1. The van der Waals surface area contributed by atoms with E-state index in [1.54, 1.807) is 13.3 Å². The molecule has 1 unspecified atom stereocenters. The summed E-state index contributed by atoms with van der Waals surface area (Å²) in [5.74, 6) is 0.796. The van der Waals surface area contributed by atoms with Gasteiger partial charge in [-0.05, 0) is 18.8 Å². The number of rotatable bonds is 2. The molecule has 0 spiro atoms. The Morgan fingerprint density at radius 1 is 1.41 bits per heavy atom. The van der Waals surface area contributed by atoms with Crippen LogP contribution in [0.4, 0.5) is 0 Å². The number of aromatic nitrogens is 2. The first-order chi connectivity index (χ1) is 7.93. The molecule has 0 saturated carbocycles. The summed E-state index contributed by atoms with van der Waals surface area (Å²) in [6, 6.07) is 0. The Hall–Kier alpha value is -1.29. The average Bonchev–Trinajstić information content (AvgIpc) is 2.25. The topological polar surface area (TPSA) is 52.1 Å². The highest BCUT2D eigenvalue weighted by Crippen LogP contribution is 2.33. The molecule has 0 aromatic carbocycles. The van der Waals surface area contributed by atoms with Crippen LogP contribution in [0.3, 0.4) is 0 Å². The molecule has 17 heavy (non-hydrogen) atoms. The lowest BCUT2D eigenvalue weighted by Gasteiger charge is -2.29. The molecule has 0 saturated heterocycles. The summed E-state index contributed by atoms with van der Waals surface area (Å²) < 4.78 is 5.20. The number of hydrogen-bond acceptors (Lipinski definition) is 4. The molecule has 0 amide bonds.